The van der Waals surface area contributed by atoms with Crippen LogP contribution in [-0.2, 0) is 55.7 Å². The SMILES string of the molecule is CCC(=O)Nc1cccc(Oc2cc(=O)n(C)c(Nc3ccc(I)cc3F)c2C(=O)NCc2ccc(OC)cc2)c1C.CCC(=O)Nc1cccc(Oc2cc(=O)n(C)c(Nc3ccc(I)cc3F)c2C(N)=O)c1C.CCC(=O)Nc1cccc(Oc2cc(=O)n(C)c(Nc3ccc(I)cc3F)c2C(N)=O)c1C.COc1ccc(CNC(=O)c2c(Oc3cccc(N)c3C)cc(=O)n(C)c2Nc2ccc(I)cc2F)cc1. The number of methoxy groups -OCH3 is 2. The van der Waals surface area contributed by atoms with Crippen LogP contribution in [0.1, 0.15) is 115 Å². The number of ether oxygens (including phenoxy) is 6. The molecule has 33 nitrogen and oxygen atoms in total. The Labute approximate surface area is 889 Å². The van der Waals surface area contributed by atoms with Crippen molar-refractivity contribution in [1.82, 2.24) is 28.9 Å². The largest absolute Gasteiger partial charge is 0.497 e. The molecule has 14 rings (SSSR count). The molecule has 0 unspecified atom stereocenters. The van der Waals surface area contributed by atoms with Crippen LogP contribution in [0.5, 0.6) is 57.5 Å². The number of aromatic nitrogens is 4. The van der Waals surface area contributed by atoms with Crippen molar-refractivity contribution in [2.45, 2.75) is 80.8 Å². The van der Waals surface area contributed by atoms with Gasteiger partial charge in [-0.1, -0.05) is 69.3 Å². The normalized spacial score (nSPS) is 10.6. The Balaban J connectivity index is 0.000000186. The predicted molar refractivity (Wildman–Crippen MR) is 588 cm³/mol. The lowest BCUT2D eigenvalue weighted by Gasteiger charge is -2.20. The molecule has 0 saturated heterocycles. The lowest BCUT2D eigenvalue weighted by atomic mass is 10.1. The predicted octanol–water partition coefficient (Wildman–Crippen LogP) is 20.6. The van der Waals surface area contributed by atoms with Gasteiger partial charge in [-0.25, -0.2) is 17.6 Å². The van der Waals surface area contributed by atoms with E-state index in [-0.39, 0.29) is 122 Å². The minimum Gasteiger partial charge on any atom is -0.497 e. The Hall–Kier alpha value is -15.3. The van der Waals surface area contributed by atoms with Crippen molar-refractivity contribution in [2.75, 3.05) is 57.2 Å². The van der Waals surface area contributed by atoms with Crippen LogP contribution >= 0.6 is 90.4 Å². The molecule has 4 aromatic heterocycles. The van der Waals surface area contributed by atoms with E-state index in [1.54, 1.807) is 184 Å². The minimum atomic E-state index is -0.873. The van der Waals surface area contributed by atoms with Gasteiger partial charge in [-0.3, -0.25) is 71.0 Å². The summed E-state index contributed by atoms with van der Waals surface area (Å²) in [6.45, 7) is 12.5. The molecule has 758 valence electrons. The number of nitrogens with two attached hydrogens (primary N) is 3. The summed E-state index contributed by atoms with van der Waals surface area (Å²) in [6, 6.07) is 57.4. The van der Waals surface area contributed by atoms with Gasteiger partial charge >= 0.3 is 0 Å². The standard InChI is InChI=1S/C31H30FIN4O5.C28H26FIN4O4.2C23H22FIN4O4/c1-5-27(38)35-23-7-6-8-25(18(23)2)42-26-16-28(39)37(3)30(36-24-14-11-20(33)15-22(24)32)29(26)31(40)34-17-19-9-12-21(41-4)13-10-19;1-16-21(31)5-4-6-23(16)38-24-14-25(35)34(2)27(33-22-12-9-18(30)13-20(22)29)26(24)28(36)32-15-17-7-10-19(37-3)11-8-17;2*1-4-19(30)27-15-6-5-7-17(12(15)2)33-18-11-20(31)29(3)23(21(18)22(26)32)28-16-9-8-13(25)10-14(16)24/h6-16,36H,5,17H2,1-4H3,(H,34,40)(H,35,38);4-14,33H,15,31H2,1-3H3,(H,32,36);2*5-11,28H,4H2,1-3H3,(H2,26,32)(H,27,30). The van der Waals surface area contributed by atoms with E-state index in [0.29, 0.717) is 113 Å². The first-order valence-corrected chi connectivity index (χ1v) is 48.9. The van der Waals surface area contributed by atoms with E-state index in [4.69, 9.17) is 45.6 Å². The number of halogens is 8. The van der Waals surface area contributed by atoms with E-state index in [0.717, 1.165) is 32.4 Å². The molecule has 0 aliphatic heterocycles. The number of pyridine rings is 4. The Kier molecular flexibility index (Phi) is 38.6. The number of hydrogen-bond acceptors (Lipinski definition) is 22. The number of primary amides is 2. The molecule has 0 radical (unpaired) electrons. The molecule has 146 heavy (non-hydrogen) atoms. The van der Waals surface area contributed by atoms with E-state index in [1.165, 1.54) is 98.0 Å². The molecule has 0 fully saturated rings. The van der Waals surface area contributed by atoms with Crippen LogP contribution in [0.25, 0.3) is 0 Å². The summed E-state index contributed by atoms with van der Waals surface area (Å²) in [5.74, 6) is -3.02. The van der Waals surface area contributed by atoms with Gasteiger partial charge in [0.1, 0.15) is 126 Å². The monoisotopic (exact) mass is 2440 g/mol. The minimum absolute atomic E-state index is 0.00227. The smallest absolute Gasteiger partial charge is 0.259 e. The molecule has 4 heterocycles. The van der Waals surface area contributed by atoms with Crippen LogP contribution in [0.15, 0.2) is 238 Å². The number of hydrogen-bond donors (Lipinski definition) is 12. The molecule has 0 bridgehead atoms. The zero-order chi connectivity index (χ0) is 106. The number of rotatable bonds is 32. The Bertz CT molecular complexity index is 7420. The van der Waals surface area contributed by atoms with Gasteiger partial charge in [-0.05, 0) is 275 Å². The molecule has 0 aliphatic rings. The zero-order valence-electron chi connectivity index (χ0n) is 80.8. The van der Waals surface area contributed by atoms with E-state index in [9.17, 15) is 70.3 Å². The highest BCUT2D eigenvalue weighted by molar-refractivity contribution is 14.1. The Morgan fingerprint density at radius 3 is 0.815 bits per heavy atom. The average Bonchev–Trinajstić information content (AvgIpc) is 0.774. The van der Waals surface area contributed by atoms with Gasteiger partial charge in [0, 0.05) is 144 Å². The summed E-state index contributed by atoms with van der Waals surface area (Å²) in [5.41, 5.74) is 21.6. The molecule has 10 aromatic carbocycles. The van der Waals surface area contributed by atoms with Crippen molar-refractivity contribution in [3.05, 3.63) is 353 Å². The van der Waals surface area contributed by atoms with Crippen molar-refractivity contribution in [3.63, 3.8) is 0 Å². The lowest BCUT2D eigenvalue weighted by molar-refractivity contribution is -0.116. The summed E-state index contributed by atoms with van der Waals surface area (Å²) in [6.07, 6.45) is 0.895. The number of amides is 7. The van der Waals surface area contributed by atoms with E-state index in [1.807, 2.05) is 115 Å². The van der Waals surface area contributed by atoms with E-state index in [2.05, 4.69) is 47.9 Å². The maximum absolute atomic E-state index is 14.9. The fourth-order valence-electron chi connectivity index (χ4n) is 13.9. The number of nitrogens with one attached hydrogen (secondary N) is 9. The van der Waals surface area contributed by atoms with Gasteiger partial charge in [0.15, 0.2) is 0 Å². The van der Waals surface area contributed by atoms with Crippen molar-refractivity contribution >= 4 is 200 Å². The highest BCUT2D eigenvalue weighted by Crippen LogP contribution is 2.42. The fraction of sp³-hybridized carbons (Fsp3) is 0.171. The third-order valence-electron chi connectivity index (χ3n) is 22.4. The molecule has 7 amide bonds. The molecule has 0 aliphatic carbocycles. The number of nitrogen functional groups attached to an aromatic ring is 1. The number of benzene rings is 10. The number of anilines is 12. The third kappa shape index (κ3) is 28.2. The van der Waals surface area contributed by atoms with Gasteiger partial charge in [0.2, 0.25) is 17.7 Å². The first-order chi connectivity index (χ1) is 69.5. The molecule has 0 atom stereocenters. The van der Waals surface area contributed by atoms with Crippen molar-refractivity contribution in [2.24, 2.45) is 39.7 Å². The number of carbonyl (C=O) groups is 7. The highest BCUT2D eigenvalue weighted by atomic mass is 127. The van der Waals surface area contributed by atoms with Crippen LogP contribution in [0, 0.1) is 65.2 Å². The molecular formula is C105H100F4I4N16O17. The summed E-state index contributed by atoms with van der Waals surface area (Å²) in [5, 5.41) is 25.5. The maximum Gasteiger partial charge on any atom is 0.259 e. The first-order valence-electron chi connectivity index (χ1n) is 44.5. The maximum atomic E-state index is 14.9. The number of carbonyl (C=O) groups excluding carboxylic acids is 7. The van der Waals surface area contributed by atoms with Crippen LogP contribution < -0.4 is 116 Å². The molecule has 0 spiro atoms. The summed E-state index contributed by atoms with van der Waals surface area (Å²) >= 11 is 7.94. The summed E-state index contributed by atoms with van der Waals surface area (Å²) < 4.78 is 101. The van der Waals surface area contributed by atoms with Crippen molar-refractivity contribution in [3.8, 4) is 57.5 Å². The Morgan fingerprint density at radius 2 is 0.568 bits per heavy atom. The topological polar surface area (TPSA) is 449 Å². The molecule has 15 N–H and O–H groups in total. The first kappa shape index (κ1) is 111. The second-order valence-electron chi connectivity index (χ2n) is 32.2. The average molecular weight is 2440 g/mol. The molecular weight excluding hydrogens is 2340 g/mol. The summed E-state index contributed by atoms with van der Waals surface area (Å²) in [4.78, 5) is 139. The second-order valence-corrected chi connectivity index (χ2v) is 37.2. The van der Waals surface area contributed by atoms with Gasteiger partial charge in [0.25, 0.3) is 45.9 Å². The lowest BCUT2D eigenvalue weighted by Crippen LogP contribution is -2.29. The highest BCUT2D eigenvalue weighted by Gasteiger charge is 2.30. The van der Waals surface area contributed by atoms with Crippen molar-refractivity contribution in [1.29, 1.82) is 0 Å². The Morgan fingerprint density at radius 1 is 0.322 bits per heavy atom. The third-order valence-corrected chi connectivity index (χ3v) is 25.1. The molecule has 41 heteroatoms. The van der Waals surface area contributed by atoms with E-state index < -0.39 is 69.1 Å². The van der Waals surface area contributed by atoms with Crippen LogP contribution in [0.2, 0.25) is 0 Å². The van der Waals surface area contributed by atoms with Crippen LogP contribution in [0.4, 0.5) is 86.3 Å². The van der Waals surface area contributed by atoms with Gasteiger partial charge in [0.05, 0.1) is 37.0 Å². The summed E-state index contributed by atoms with van der Waals surface area (Å²) in [7, 11) is 8.97. The molecule has 14 aromatic rings. The second kappa shape index (κ2) is 50.8. The fourth-order valence-corrected chi connectivity index (χ4v) is 15.8. The zero-order valence-corrected chi connectivity index (χ0v) is 89.4. The quantitative estimate of drug-likeness (QED) is 0.0106. The van der Waals surface area contributed by atoms with Gasteiger partial charge in [-0.2, -0.15) is 0 Å². The van der Waals surface area contributed by atoms with Crippen molar-refractivity contribution < 1.29 is 79.5 Å². The van der Waals surface area contributed by atoms with Gasteiger partial charge in [-0.15, -0.1) is 0 Å². The van der Waals surface area contributed by atoms with Crippen LogP contribution in [0.3, 0.4) is 0 Å². The van der Waals surface area contributed by atoms with Crippen LogP contribution in [-0.4, -0.2) is 73.8 Å². The van der Waals surface area contributed by atoms with Gasteiger partial charge < -0.3 is 93.5 Å². The number of nitrogens with zero attached hydrogens (tertiary/aromatic N) is 4. The van der Waals surface area contributed by atoms with E-state index >= 15 is 0 Å². The molecule has 0 saturated carbocycles.